The highest BCUT2D eigenvalue weighted by Gasteiger charge is 2.36. The van der Waals surface area contributed by atoms with Crippen LogP contribution in [-0.2, 0) is 23.9 Å². The van der Waals surface area contributed by atoms with E-state index in [9.17, 15) is 19.2 Å². The minimum Gasteiger partial charge on any atom is -0.455 e. The minimum absolute atomic E-state index is 0.0428. The highest BCUT2D eigenvalue weighted by Crippen LogP contribution is 2.27. The first-order valence-electron chi connectivity index (χ1n) is 9.22. The maximum absolute atomic E-state index is 12.3. The Kier molecular flexibility index (Phi) is 6.83. The van der Waals surface area contributed by atoms with Gasteiger partial charge in [-0.05, 0) is 48.5 Å². The lowest BCUT2D eigenvalue weighted by atomic mass is 10.1. The van der Waals surface area contributed by atoms with Crippen LogP contribution in [0.15, 0.2) is 53.0 Å². The van der Waals surface area contributed by atoms with Gasteiger partial charge >= 0.3 is 5.97 Å². The van der Waals surface area contributed by atoms with Crippen molar-refractivity contribution in [3.8, 4) is 0 Å². The molecule has 1 atom stereocenters. The number of halogens is 1. The molecule has 1 heterocycles. The van der Waals surface area contributed by atoms with Crippen molar-refractivity contribution in [1.29, 1.82) is 0 Å². The molecule has 156 valence electrons. The molecule has 0 bridgehead atoms. The predicted octanol–water partition coefficient (Wildman–Crippen LogP) is 2.94. The molecule has 2 N–H and O–H groups in total. The maximum atomic E-state index is 12.3. The van der Waals surface area contributed by atoms with Gasteiger partial charge in [0, 0.05) is 41.4 Å². The number of amides is 3. The van der Waals surface area contributed by atoms with Gasteiger partial charge in [-0.3, -0.25) is 19.2 Å². The molecule has 1 saturated heterocycles. The molecular formula is C21H20BrN3O5. The smallest absolute Gasteiger partial charge is 0.311 e. The number of carbonyl (C=O) groups excluding carboxylic acids is 4. The molecule has 9 heteroatoms. The minimum atomic E-state index is -0.620. The predicted molar refractivity (Wildman–Crippen MR) is 115 cm³/mol. The molecular weight excluding hydrogens is 454 g/mol. The topological polar surface area (TPSA) is 105 Å². The standard InChI is InChI=1S/C21H20BrN3O5/c1-13(26)23-16-4-6-17(7-5-16)24-19(27)12-30-21(29)14-10-20(28)25(11-14)18-8-2-15(22)3-9-18/h2-9,14H,10-12H2,1H3,(H,23,26)(H,24,27)/t14-/m0/s1. The zero-order chi connectivity index (χ0) is 21.7. The Labute approximate surface area is 181 Å². The van der Waals surface area contributed by atoms with Crippen molar-refractivity contribution in [2.75, 3.05) is 28.7 Å². The number of nitrogens with one attached hydrogen (secondary N) is 2. The number of esters is 1. The molecule has 2 aromatic rings. The van der Waals surface area contributed by atoms with Gasteiger partial charge in [-0.1, -0.05) is 15.9 Å². The molecule has 1 aliphatic rings. The Balaban J connectivity index is 1.48. The molecule has 3 rings (SSSR count). The molecule has 30 heavy (non-hydrogen) atoms. The molecule has 3 amide bonds. The van der Waals surface area contributed by atoms with Crippen molar-refractivity contribution < 1.29 is 23.9 Å². The number of benzene rings is 2. The van der Waals surface area contributed by atoms with Gasteiger partial charge < -0.3 is 20.3 Å². The van der Waals surface area contributed by atoms with Crippen LogP contribution in [0.4, 0.5) is 17.1 Å². The van der Waals surface area contributed by atoms with Crippen LogP contribution in [0.25, 0.3) is 0 Å². The van der Waals surface area contributed by atoms with Gasteiger partial charge in [0.25, 0.3) is 5.91 Å². The van der Waals surface area contributed by atoms with Crippen molar-refractivity contribution in [2.45, 2.75) is 13.3 Å². The fraction of sp³-hybridized carbons (Fsp3) is 0.238. The number of ether oxygens (including phenoxy) is 1. The fourth-order valence-corrected chi connectivity index (χ4v) is 3.29. The average molecular weight is 474 g/mol. The Morgan fingerprint density at radius 2 is 1.63 bits per heavy atom. The van der Waals surface area contributed by atoms with E-state index in [2.05, 4.69) is 26.6 Å². The Hall–Kier alpha value is -3.20. The third-order valence-electron chi connectivity index (χ3n) is 4.43. The van der Waals surface area contributed by atoms with E-state index in [-0.39, 0.29) is 24.8 Å². The van der Waals surface area contributed by atoms with Crippen LogP contribution in [0.2, 0.25) is 0 Å². The number of carbonyl (C=O) groups is 4. The molecule has 0 saturated carbocycles. The third kappa shape index (κ3) is 5.66. The molecule has 8 nitrogen and oxygen atoms in total. The van der Waals surface area contributed by atoms with Crippen LogP contribution >= 0.6 is 15.9 Å². The summed E-state index contributed by atoms with van der Waals surface area (Å²) >= 11 is 3.34. The summed E-state index contributed by atoms with van der Waals surface area (Å²) in [4.78, 5) is 49.1. The van der Waals surface area contributed by atoms with Crippen LogP contribution in [0.3, 0.4) is 0 Å². The van der Waals surface area contributed by atoms with Crippen molar-refractivity contribution >= 4 is 56.7 Å². The largest absolute Gasteiger partial charge is 0.455 e. The number of hydrogen-bond acceptors (Lipinski definition) is 5. The van der Waals surface area contributed by atoms with E-state index in [1.807, 2.05) is 12.1 Å². The molecule has 1 aliphatic heterocycles. The lowest BCUT2D eigenvalue weighted by Crippen LogP contribution is -2.28. The van der Waals surface area contributed by atoms with Crippen molar-refractivity contribution in [3.63, 3.8) is 0 Å². The molecule has 0 spiro atoms. The van der Waals surface area contributed by atoms with Crippen LogP contribution in [-0.4, -0.2) is 36.8 Å². The number of nitrogens with zero attached hydrogens (tertiary/aromatic N) is 1. The number of anilines is 3. The lowest BCUT2D eigenvalue weighted by molar-refractivity contribution is -0.151. The first kappa shape index (κ1) is 21.5. The van der Waals surface area contributed by atoms with E-state index in [1.165, 1.54) is 11.8 Å². The monoisotopic (exact) mass is 473 g/mol. The van der Waals surface area contributed by atoms with Crippen LogP contribution in [0.5, 0.6) is 0 Å². The second kappa shape index (κ2) is 9.53. The Morgan fingerprint density at radius 1 is 1.03 bits per heavy atom. The van der Waals surface area contributed by atoms with Gasteiger partial charge in [0.1, 0.15) is 0 Å². The molecule has 0 aliphatic carbocycles. The number of hydrogen-bond donors (Lipinski definition) is 2. The highest BCUT2D eigenvalue weighted by molar-refractivity contribution is 9.10. The number of rotatable bonds is 6. The van der Waals surface area contributed by atoms with Crippen LogP contribution in [0.1, 0.15) is 13.3 Å². The van der Waals surface area contributed by atoms with E-state index in [4.69, 9.17) is 4.74 Å². The molecule has 1 fully saturated rings. The zero-order valence-electron chi connectivity index (χ0n) is 16.2. The average Bonchev–Trinajstić information content (AvgIpc) is 3.09. The van der Waals surface area contributed by atoms with Crippen molar-refractivity contribution in [3.05, 3.63) is 53.0 Å². The third-order valence-corrected chi connectivity index (χ3v) is 4.96. The maximum Gasteiger partial charge on any atom is 0.311 e. The van der Waals surface area contributed by atoms with Gasteiger partial charge in [-0.2, -0.15) is 0 Å². The fourth-order valence-electron chi connectivity index (χ4n) is 3.03. The van der Waals surface area contributed by atoms with Gasteiger partial charge in [0.2, 0.25) is 11.8 Å². The Morgan fingerprint density at radius 3 is 2.23 bits per heavy atom. The second-order valence-corrected chi connectivity index (χ2v) is 7.71. The molecule has 0 radical (unpaired) electrons. The first-order chi connectivity index (χ1) is 14.3. The summed E-state index contributed by atoms with van der Waals surface area (Å²) in [7, 11) is 0. The molecule has 2 aromatic carbocycles. The van der Waals surface area contributed by atoms with Crippen LogP contribution in [0, 0.1) is 5.92 Å². The molecule has 0 aromatic heterocycles. The summed E-state index contributed by atoms with van der Waals surface area (Å²) in [5.74, 6) is -2.06. The van der Waals surface area contributed by atoms with E-state index in [1.54, 1.807) is 36.4 Å². The van der Waals surface area contributed by atoms with Crippen molar-refractivity contribution in [2.24, 2.45) is 5.92 Å². The van der Waals surface area contributed by atoms with Gasteiger partial charge in [-0.15, -0.1) is 0 Å². The van der Waals surface area contributed by atoms with Gasteiger partial charge in [0.05, 0.1) is 5.92 Å². The summed E-state index contributed by atoms with van der Waals surface area (Å²) < 4.78 is 5.99. The SMILES string of the molecule is CC(=O)Nc1ccc(NC(=O)COC(=O)[C@H]2CC(=O)N(c3ccc(Br)cc3)C2)cc1. The van der Waals surface area contributed by atoms with Gasteiger partial charge in [0.15, 0.2) is 6.61 Å². The van der Waals surface area contributed by atoms with E-state index < -0.39 is 24.4 Å². The Bertz CT molecular complexity index is 960. The van der Waals surface area contributed by atoms with E-state index in [0.29, 0.717) is 17.1 Å². The summed E-state index contributed by atoms with van der Waals surface area (Å²) in [6.07, 6.45) is 0.0428. The molecule has 0 unspecified atom stereocenters. The van der Waals surface area contributed by atoms with Crippen LogP contribution < -0.4 is 15.5 Å². The normalized spacial score (nSPS) is 15.6. The summed E-state index contributed by atoms with van der Waals surface area (Å²) in [5.41, 5.74) is 1.81. The quantitative estimate of drug-likeness (QED) is 0.627. The lowest BCUT2D eigenvalue weighted by Gasteiger charge is -2.16. The summed E-state index contributed by atoms with van der Waals surface area (Å²) in [6.45, 7) is 1.17. The first-order valence-corrected chi connectivity index (χ1v) is 10.0. The van der Waals surface area contributed by atoms with E-state index in [0.717, 1.165) is 4.47 Å². The van der Waals surface area contributed by atoms with E-state index >= 15 is 0 Å². The summed E-state index contributed by atoms with van der Waals surface area (Å²) in [5, 5.41) is 5.23. The van der Waals surface area contributed by atoms with Gasteiger partial charge in [-0.25, -0.2) is 0 Å². The van der Waals surface area contributed by atoms with Crippen molar-refractivity contribution in [1.82, 2.24) is 0 Å². The highest BCUT2D eigenvalue weighted by atomic mass is 79.9. The second-order valence-electron chi connectivity index (χ2n) is 6.80. The zero-order valence-corrected chi connectivity index (χ0v) is 17.8. The summed E-state index contributed by atoms with van der Waals surface area (Å²) in [6, 6.07) is 13.8.